The molecule has 9 heavy (non-hydrogen) atoms. The van der Waals surface area contributed by atoms with Crippen LogP contribution in [0.2, 0.25) is 0 Å². The topological polar surface area (TPSA) is 43.1 Å². The van der Waals surface area contributed by atoms with Crippen LogP contribution in [0.5, 0.6) is 0 Å². The summed E-state index contributed by atoms with van der Waals surface area (Å²) in [5.41, 5.74) is -0.160. The summed E-state index contributed by atoms with van der Waals surface area (Å²) in [6.45, 7) is 0. The first kappa shape index (κ1) is 4.49. The van der Waals surface area contributed by atoms with Gasteiger partial charge in [-0.1, -0.05) is 12.1 Å². The summed E-state index contributed by atoms with van der Waals surface area (Å²) >= 11 is 0. The van der Waals surface area contributed by atoms with Gasteiger partial charge in [0, 0.05) is 6.07 Å². The van der Waals surface area contributed by atoms with Crippen molar-refractivity contribution in [3.63, 3.8) is 0 Å². The molecule has 0 fully saturated rings. The largest absolute Gasteiger partial charge is 0.277 e. The van der Waals surface area contributed by atoms with Gasteiger partial charge >= 0.3 is 0 Å². The second kappa shape index (κ2) is 2.26. The maximum Gasteiger partial charge on any atom is 0.277 e. The number of non-ortho nitro benzene ring substituents is 1. The number of nitro groups is 1. The molecule has 1 radical (unpaired) electrons. The molecule has 0 heterocycles. The summed E-state index contributed by atoms with van der Waals surface area (Å²) in [6.07, 6.45) is 0. The van der Waals surface area contributed by atoms with Crippen LogP contribution >= 0.6 is 0 Å². The minimum absolute atomic E-state index is 0.130. The van der Waals surface area contributed by atoms with Crippen LogP contribution in [-0.2, 0) is 0 Å². The Morgan fingerprint density at radius 2 is 2.67 bits per heavy atom. The quantitative estimate of drug-likeness (QED) is 0.418. The molecule has 0 aliphatic heterocycles. The average molecular weight is 123 g/mol. The van der Waals surface area contributed by atoms with Crippen molar-refractivity contribution < 1.29 is 6.29 Å². The molecule has 0 aliphatic rings. The van der Waals surface area contributed by atoms with E-state index in [1.165, 1.54) is 12.1 Å². The first-order valence-electron chi connectivity index (χ1n) is 2.83. The molecule has 45 valence electrons. The Bertz CT molecular complexity index is 262. The summed E-state index contributed by atoms with van der Waals surface area (Å²) in [5, 5.41) is 10.0. The van der Waals surface area contributed by atoms with Crippen LogP contribution in [0.25, 0.3) is 0 Å². The maximum atomic E-state index is 10.0. The van der Waals surface area contributed by atoms with Gasteiger partial charge in [0.2, 0.25) is 0 Å². The molecule has 0 bridgehead atoms. The van der Waals surface area contributed by atoms with Crippen LogP contribution in [0, 0.1) is 16.2 Å². The molecule has 0 unspecified atom stereocenters. The van der Waals surface area contributed by atoms with Crippen LogP contribution < -0.4 is 0 Å². The Morgan fingerprint density at radius 1 is 1.89 bits per heavy atom. The molecule has 1 aromatic carbocycles. The van der Waals surface area contributed by atoms with Crippen molar-refractivity contribution in [3.8, 4) is 0 Å². The molecule has 1 aromatic rings. The number of nitrogens with zero attached hydrogens (tertiary/aromatic N) is 1. The van der Waals surface area contributed by atoms with E-state index in [4.69, 9.17) is 1.37 Å². The lowest BCUT2D eigenvalue weighted by Gasteiger charge is -1.84. The molecule has 3 nitrogen and oxygen atoms in total. The lowest BCUT2D eigenvalue weighted by Crippen LogP contribution is -1.85. The first-order valence-corrected chi connectivity index (χ1v) is 2.33. The molecule has 0 amide bonds. The molecule has 0 aliphatic carbocycles. The van der Waals surface area contributed by atoms with Crippen LogP contribution in [-0.4, -0.2) is 4.92 Å². The number of para-hydroxylation sites is 1. The summed E-state index contributed by atoms with van der Waals surface area (Å²) in [4.78, 5) is 9.47. The van der Waals surface area contributed by atoms with E-state index in [0.29, 0.717) is 0 Å². The molecule has 0 atom stereocenters. The fourth-order valence-corrected chi connectivity index (χ4v) is 0.449. The highest BCUT2D eigenvalue weighted by atomic mass is 16.6. The van der Waals surface area contributed by atoms with Gasteiger partial charge in [-0.2, -0.15) is 0 Å². The van der Waals surface area contributed by atoms with Gasteiger partial charge in [0.1, 0.15) is 0 Å². The Balaban J connectivity index is 3.07. The summed E-state index contributed by atoms with van der Waals surface area (Å²) < 4.78 is 7.00. The molecule has 0 saturated carbocycles. The highest BCUT2D eigenvalue weighted by molar-refractivity contribution is 5.26. The van der Waals surface area contributed by atoms with Crippen molar-refractivity contribution in [2.24, 2.45) is 0 Å². The highest BCUT2D eigenvalue weighted by Gasteiger charge is 1.99. The SMILES string of the molecule is [2H]c1cc[c]c([N+](=O)[O-])c1. The van der Waals surface area contributed by atoms with Crippen LogP contribution in [0.15, 0.2) is 24.2 Å². The van der Waals surface area contributed by atoms with E-state index in [2.05, 4.69) is 6.07 Å². The Kier molecular flexibility index (Phi) is 1.13. The summed E-state index contributed by atoms with van der Waals surface area (Å²) in [5.74, 6) is 0. The predicted molar refractivity (Wildman–Crippen MR) is 31.9 cm³/mol. The van der Waals surface area contributed by atoms with Gasteiger partial charge in [-0.15, -0.1) is 0 Å². The van der Waals surface area contributed by atoms with Crippen molar-refractivity contribution in [2.45, 2.75) is 0 Å². The van der Waals surface area contributed by atoms with Gasteiger partial charge in [-0.25, -0.2) is 0 Å². The zero-order valence-corrected chi connectivity index (χ0v) is 4.50. The normalized spacial score (nSPS) is 10.4. The van der Waals surface area contributed by atoms with Crippen LogP contribution in [0.3, 0.4) is 0 Å². The van der Waals surface area contributed by atoms with E-state index in [1.807, 2.05) is 0 Å². The molecular formula is C6H4NO2. The van der Waals surface area contributed by atoms with Crippen molar-refractivity contribution in [3.05, 3.63) is 40.4 Å². The molecular weight excluding hydrogens is 118 g/mol. The number of rotatable bonds is 1. The number of hydrogen-bond donors (Lipinski definition) is 0. The Morgan fingerprint density at radius 3 is 3.11 bits per heavy atom. The Hall–Kier alpha value is -1.38. The van der Waals surface area contributed by atoms with Gasteiger partial charge in [0.25, 0.3) is 5.69 Å². The summed E-state index contributed by atoms with van der Waals surface area (Å²) in [7, 11) is 0. The van der Waals surface area contributed by atoms with Gasteiger partial charge in [0.15, 0.2) is 0 Å². The van der Waals surface area contributed by atoms with E-state index in [1.54, 1.807) is 0 Å². The summed E-state index contributed by atoms with van der Waals surface area (Å²) in [6, 6.07) is 6.47. The first-order chi connectivity index (χ1) is 4.70. The van der Waals surface area contributed by atoms with Gasteiger partial charge in [-0.3, -0.25) is 10.1 Å². The lowest BCUT2D eigenvalue weighted by atomic mass is 10.3. The van der Waals surface area contributed by atoms with Crippen molar-refractivity contribution in [1.29, 1.82) is 0 Å². The van der Waals surface area contributed by atoms with E-state index in [0.717, 1.165) is 6.07 Å². The van der Waals surface area contributed by atoms with Gasteiger partial charge in [-0.05, 0) is 6.07 Å². The zero-order chi connectivity index (χ0) is 7.56. The minimum atomic E-state index is -0.571. The van der Waals surface area contributed by atoms with Crippen molar-refractivity contribution in [2.75, 3.05) is 0 Å². The highest BCUT2D eigenvalue weighted by Crippen LogP contribution is 2.05. The van der Waals surface area contributed by atoms with Crippen molar-refractivity contribution >= 4 is 5.69 Å². The second-order valence-corrected chi connectivity index (χ2v) is 1.43. The van der Waals surface area contributed by atoms with E-state index in [-0.39, 0.29) is 11.7 Å². The number of hydrogen-bond acceptors (Lipinski definition) is 2. The molecule has 0 aromatic heterocycles. The third-order valence-electron chi connectivity index (χ3n) is 0.828. The third kappa shape index (κ3) is 1.25. The monoisotopic (exact) mass is 123 g/mol. The van der Waals surface area contributed by atoms with E-state index < -0.39 is 4.92 Å². The number of benzene rings is 1. The lowest BCUT2D eigenvalue weighted by molar-refractivity contribution is -0.385. The standard InChI is InChI=1S/C6H4NO2/c8-7(9)6-4-2-1-3-5-6/h1-4H/i2D. The fourth-order valence-electron chi connectivity index (χ4n) is 0.449. The minimum Gasteiger partial charge on any atom is -0.258 e. The van der Waals surface area contributed by atoms with Gasteiger partial charge in [0.05, 0.1) is 12.4 Å². The molecule has 1 rings (SSSR count). The molecule has 3 heteroatoms. The smallest absolute Gasteiger partial charge is 0.258 e. The fraction of sp³-hybridized carbons (Fsp3) is 0. The second-order valence-electron chi connectivity index (χ2n) is 1.43. The van der Waals surface area contributed by atoms with Crippen LogP contribution in [0.4, 0.5) is 5.69 Å². The van der Waals surface area contributed by atoms with E-state index >= 15 is 0 Å². The van der Waals surface area contributed by atoms with Crippen LogP contribution in [0.1, 0.15) is 1.37 Å². The molecule has 0 saturated heterocycles. The third-order valence-corrected chi connectivity index (χ3v) is 0.828. The van der Waals surface area contributed by atoms with Gasteiger partial charge < -0.3 is 0 Å². The molecule has 0 N–H and O–H groups in total. The zero-order valence-electron chi connectivity index (χ0n) is 5.50. The molecule has 0 spiro atoms. The Labute approximate surface area is 53.5 Å². The van der Waals surface area contributed by atoms with E-state index in [9.17, 15) is 10.1 Å². The number of nitro benzene ring substituents is 1. The van der Waals surface area contributed by atoms with Crippen molar-refractivity contribution in [1.82, 2.24) is 0 Å². The predicted octanol–water partition coefficient (Wildman–Crippen LogP) is 1.39. The average Bonchev–Trinajstić information content (AvgIpc) is 1.88. The maximum absolute atomic E-state index is 10.0.